The molecule has 0 aromatic carbocycles. The van der Waals surface area contributed by atoms with Crippen molar-refractivity contribution >= 4 is 28.4 Å². The molecule has 0 saturated heterocycles. The van der Waals surface area contributed by atoms with Gasteiger partial charge in [-0.05, 0) is 12.0 Å². The fraction of sp³-hybridized carbons (Fsp3) is 0.357. The number of carbonyl (C=O) groups is 1. The number of aromatic nitrogens is 2. The van der Waals surface area contributed by atoms with E-state index in [1.54, 1.807) is 6.20 Å². The van der Waals surface area contributed by atoms with E-state index in [1.165, 1.54) is 0 Å². The third-order valence-corrected chi connectivity index (χ3v) is 3.45. The summed E-state index contributed by atoms with van der Waals surface area (Å²) in [6.07, 6.45) is 2.27. The molecule has 1 atom stereocenters. The first-order valence-corrected chi connectivity index (χ1v) is 6.33. The highest BCUT2D eigenvalue weighted by Crippen LogP contribution is 2.38. The summed E-state index contributed by atoms with van der Waals surface area (Å²) in [7, 11) is 3.86. The lowest BCUT2D eigenvalue weighted by molar-refractivity contribution is -0.116. The number of hydrogen-bond donors (Lipinski definition) is 1. The summed E-state index contributed by atoms with van der Waals surface area (Å²) in [5, 5.41) is 3.95. The molecule has 0 fully saturated rings. The van der Waals surface area contributed by atoms with Gasteiger partial charge in [0, 0.05) is 37.7 Å². The summed E-state index contributed by atoms with van der Waals surface area (Å²) < 4.78 is 0. The minimum Gasteiger partial charge on any atom is -0.361 e. The molecule has 2 aromatic rings. The van der Waals surface area contributed by atoms with Crippen LogP contribution in [-0.4, -0.2) is 30.0 Å². The average Bonchev–Trinajstić information content (AvgIpc) is 2.36. The number of nitrogens with zero attached hydrogens (tertiary/aromatic N) is 3. The number of anilines is 2. The van der Waals surface area contributed by atoms with Gasteiger partial charge in [0.05, 0.1) is 0 Å². The summed E-state index contributed by atoms with van der Waals surface area (Å²) in [5.41, 5.74) is 1.97. The zero-order valence-electron chi connectivity index (χ0n) is 11.3. The predicted molar refractivity (Wildman–Crippen MR) is 75.5 cm³/mol. The number of rotatable bonds is 1. The highest BCUT2D eigenvalue weighted by molar-refractivity contribution is 6.01. The minimum atomic E-state index is 0.0282. The molecule has 3 heterocycles. The maximum atomic E-state index is 11.7. The first kappa shape index (κ1) is 11.9. The first-order chi connectivity index (χ1) is 9.08. The Kier molecular flexibility index (Phi) is 2.62. The second-order valence-corrected chi connectivity index (χ2v) is 5.15. The predicted octanol–water partition coefficient (Wildman–Crippen LogP) is 2.14. The van der Waals surface area contributed by atoms with Gasteiger partial charge in [-0.15, -0.1) is 0 Å². The Balaban J connectivity index is 2.37. The van der Waals surface area contributed by atoms with Crippen molar-refractivity contribution in [1.29, 1.82) is 0 Å². The van der Waals surface area contributed by atoms with Crippen molar-refractivity contribution in [1.82, 2.24) is 9.97 Å². The summed E-state index contributed by atoms with van der Waals surface area (Å²) >= 11 is 0. The van der Waals surface area contributed by atoms with Gasteiger partial charge < -0.3 is 10.2 Å². The summed E-state index contributed by atoms with van der Waals surface area (Å²) in [6, 6.07) is 3.97. The Bertz CT molecular complexity index is 666. The van der Waals surface area contributed by atoms with Crippen LogP contribution in [0.2, 0.25) is 0 Å². The van der Waals surface area contributed by atoms with Crippen molar-refractivity contribution in [3.63, 3.8) is 0 Å². The lowest BCUT2D eigenvalue weighted by atomic mass is 9.91. The van der Waals surface area contributed by atoms with Gasteiger partial charge >= 0.3 is 0 Å². The van der Waals surface area contributed by atoms with Gasteiger partial charge in [-0.1, -0.05) is 13.0 Å². The molecule has 0 spiro atoms. The Morgan fingerprint density at radius 3 is 2.95 bits per heavy atom. The maximum Gasteiger partial charge on any atom is 0.226 e. The molecule has 1 aliphatic heterocycles. The minimum absolute atomic E-state index is 0.0282. The fourth-order valence-electron chi connectivity index (χ4n) is 2.62. The van der Waals surface area contributed by atoms with E-state index in [2.05, 4.69) is 22.2 Å². The second-order valence-electron chi connectivity index (χ2n) is 5.15. The maximum absolute atomic E-state index is 11.7. The molecule has 5 heteroatoms. The highest BCUT2D eigenvalue weighted by atomic mass is 16.1. The third kappa shape index (κ3) is 1.82. The van der Waals surface area contributed by atoms with E-state index in [4.69, 9.17) is 0 Å². The van der Waals surface area contributed by atoms with Crippen LogP contribution in [0, 0.1) is 0 Å². The summed E-state index contributed by atoms with van der Waals surface area (Å²) in [4.78, 5) is 22.6. The van der Waals surface area contributed by atoms with Gasteiger partial charge in [-0.25, -0.2) is 4.98 Å². The standard InChI is InChI=1S/C14H16N4O/c1-8-7-10(19)16-13-11(8)9-5-4-6-15-12(9)14(17-13)18(2)3/h4-6,8H,7H2,1-3H3,(H,16,17,19). The Hall–Kier alpha value is -2.17. The van der Waals surface area contributed by atoms with E-state index < -0.39 is 0 Å². The molecule has 0 aliphatic carbocycles. The lowest BCUT2D eigenvalue weighted by Crippen LogP contribution is -2.24. The van der Waals surface area contributed by atoms with Crippen LogP contribution >= 0.6 is 0 Å². The Labute approximate surface area is 111 Å². The molecule has 98 valence electrons. The number of pyridine rings is 2. The fourth-order valence-corrected chi connectivity index (χ4v) is 2.62. The van der Waals surface area contributed by atoms with Crippen molar-refractivity contribution < 1.29 is 4.79 Å². The van der Waals surface area contributed by atoms with E-state index in [0.717, 1.165) is 22.3 Å². The molecule has 0 saturated carbocycles. The van der Waals surface area contributed by atoms with E-state index >= 15 is 0 Å². The van der Waals surface area contributed by atoms with Gasteiger partial charge in [0.1, 0.15) is 11.3 Å². The van der Waals surface area contributed by atoms with Crippen molar-refractivity contribution in [3.05, 3.63) is 23.9 Å². The number of amides is 1. The van der Waals surface area contributed by atoms with Crippen molar-refractivity contribution in [2.45, 2.75) is 19.3 Å². The van der Waals surface area contributed by atoms with Crippen LogP contribution in [0.15, 0.2) is 18.3 Å². The average molecular weight is 256 g/mol. The number of carbonyl (C=O) groups excluding carboxylic acids is 1. The topological polar surface area (TPSA) is 58.1 Å². The molecule has 0 bridgehead atoms. The molecule has 19 heavy (non-hydrogen) atoms. The SMILES string of the molecule is CC1CC(=O)Nc2nc(N(C)C)c3ncccc3c21. The number of fused-ring (bicyclic) bond motifs is 3. The van der Waals surface area contributed by atoms with E-state index in [-0.39, 0.29) is 11.8 Å². The van der Waals surface area contributed by atoms with Crippen molar-refractivity contribution in [2.24, 2.45) is 0 Å². The van der Waals surface area contributed by atoms with Crippen LogP contribution in [0.1, 0.15) is 24.8 Å². The van der Waals surface area contributed by atoms with Gasteiger partial charge in [0.15, 0.2) is 5.82 Å². The molecular formula is C14H16N4O. The molecule has 5 nitrogen and oxygen atoms in total. The smallest absolute Gasteiger partial charge is 0.226 e. The molecule has 1 unspecified atom stereocenters. The summed E-state index contributed by atoms with van der Waals surface area (Å²) in [6.45, 7) is 2.06. The highest BCUT2D eigenvalue weighted by Gasteiger charge is 2.27. The van der Waals surface area contributed by atoms with Crippen LogP contribution < -0.4 is 10.2 Å². The van der Waals surface area contributed by atoms with Crippen LogP contribution in [0.5, 0.6) is 0 Å². The second kappa shape index (κ2) is 4.19. The Morgan fingerprint density at radius 1 is 1.42 bits per heavy atom. The molecule has 0 radical (unpaired) electrons. The molecule has 1 amide bonds. The third-order valence-electron chi connectivity index (χ3n) is 3.45. The number of nitrogens with one attached hydrogen (secondary N) is 1. The van der Waals surface area contributed by atoms with Crippen LogP contribution in [0.3, 0.4) is 0 Å². The van der Waals surface area contributed by atoms with Gasteiger partial charge in [0.2, 0.25) is 5.91 Å². The Morgan fingerprint density at radius 2 is 2.21 bits per heavy atom. The molecule has 1 aliphatic rings. The van der Waals surface area contributed by atoms with Crippen molar-refractivity contribution in [3.8, 4) is 0 Å². The monoisotopic (exact) mass is 256 g/mol. The molecule has 3 rings (SSSR count). The lowest BCUT2D eigenvalue weighted by Gasteiger charge is -2.25. The largest absolute Gasteiger partial charge is 0.361 e. The molecular weight excluding hydrogens is 240 g/mol. The molecule has 2 aromatic heterocycles. The van der Waals surface area contributed by atoms with E-state index in [1.807, 2.05) is 31.1 Å². The summed E-state index contributed by atoms with van der Waals surface area (Å²) in [5.74, 6) is 1.65. The molecule has 1 N–H and O–H groups in total. The van der Waals surface area contributed by atoms with E-state index in [0.29, 0.717) is 12.2 Å². The zero-order chi connectivity index (χ0) is 13.6. The van der Waals surface area contributed by atoms with Crippen LogP contribution in [0.25, 0.3) is 10.9 Å². The van der Waals surface area contributed by atoms with Gasteiger partial charge in [0.25, 0.3) is 0 Å². The zero-order valence-corrected chi connectivity index (χ0v) is 11.3. The van der Waals surface area contributed by atoms with E-state index in [9.17, 15) is 4.79 Å². The number of hydrogen-bond acceptors (Lipinski definition) is 4. The van der Waals surface area contributed by atoms with Gasteiger partial charge in [-0.2, -0.15) is 0 Å². The quantitative estimate of drug-likeness (QED) is 0.849. The van der Waals surface area contributed by atoms with Gasteiger partial charge in [-0.3, -0.25) is 9.78 Å². The van der Waals surface area contributed by atoms with Crippen LogP contribution in [0.4, 0.5) is 11.6 Å². The van der Waals surface area contributed by atoms with Crippen molar-refractivity contribution in [2.75, 3.05) is 24.3 Å². The van der Waals surface area contributed by atoms with Crippen LogP contribution in [-0.2, 0) is 4.79 Å². The first-order valence-electron chi connectivity index (χ1n) is 6.33. The normalized spacial score (nSPS) is 18.1.